The molecule has 1 atom stereocenters. The summed E-state index contributed by atoms with van der Waals surface area (Å²) in [5.41, 5.74) is 0. The van der Waals surface area contributed by atoms with Crippen LogP contribution >= 0.6 is 31.9 Å². The van der Waals surface area contributed by atoms with Crippen molar-refractivity contribution in [2.45, 2.75) is 17.7 Å². The van der Waals surface area contributed by atoms with E-state index in [1.54, 1.807) is 23.1 Å². The van der Waals surface area contributed by atoms with Crippen molar-refractivity contribution < 1.29 is 17.9 Å². The molecule has 0 aliphatic carbocycles. The summed E-state index contributed by atoms with van der Waals surface area (Å²) in [5, 5.41) is 0. The minimum atomic E-state index is -3.65. The number of piperidine rings is 1. The lowest BCUT2D eigenvalue weighted by Crippen LogP contribution is -2.49. The lowest BCUT2D eigenvalue weighted by molar-refractivity contribution is -0.140. The van der Waals surface area contributed by atoms with E-state index in [9.17, 15) is 13.2 Å². The molecule has 0 saturated carbocycles. The number of halogens is 2. The number of ether oxygens (including phenoxy) is 1. The monoisotopic (exact) mass is 494 g/mol. The molecule has 2 aliphatic heterocycles. The van der Waals surface area contributed by atoms with Gasteiger partial charge in [-0.05, 0) is 47.0 Å². The Balaban J connectivity index is 1.78. The minimum absolute atomic E-state index is 0.0384. The van der Waals surface area contributed by atoms with Crippen LogP contribution < -0.4 is 0 Å². The topological polar surface area (TPSA) is 66.9 Å². The number of benzene rings is 1. The Bertz CT molecular complexity index is 751. The Hall–Kier alpha value is -0.480. The van der Waals surface area contributed by atoms with Crippen LogP contribution in [0.1, 0.15) is 12.8 Å². The molecule has 0 spiro atoms. The zero-order chi connectivity index (χ0) is 18.0. The molecular weight excluding hydrogens is 476 g/mol. The maximum atomic E-state index is 13.0. The molecule has 2 fully saturated rings. The van der Waals surface area contributed by atoms with Gasteiger partial charge in [0.1, 0.15) is 0 Å². The third kappa shape index (κ3) is 4.27. The Morgan fingerprint density at radius 1 is 1.16 bits per heavy atom. The van der Waals surface area contributed by atoms with Crippen molar-refractivity contribution in [1.29, 1.82) is 0 Å². The van der Waals surface area contributed by atoms with Crippen molar-refractivity contribution in [3.05, 3.63) is 27.1 Å². The first-order valence-electron chi connectivity index (χ1n) is 8.21. The number of hydrogen-bond acceptors (Lipinski definition) is 4. The second kappa shape index (κ2) is 8.04. The summed E-state index contributed by atoms with van der Waals surface area (Å²) in [6.45, 7) is 2.93. The maximum absolute atomic E-state index is 13.0. The van der Waals surface area contributed by atoms with E-state index >= 15 is 0 Å². The van der Waals surface area contributed by atoms with Gasteiger partial charge in [0.15, 0.2) is 0 Å². The van der Waals surface area contributed by atoms with E-state index in [4.69, 9.17) is 4.74 Å². The van der Waals surface area contributed by atoms with E-state index in [2.05, 4.69) is 31.9 Å². The molecule has 25 heavy (non-hydrogen) atoms. The largest absolute Gasteiger partial charge is 0.378 e. The summed E-state index contributed by atoms with van der Waals surface area (Å²) in [5.74, 6) is -0.246. The normalized spacial score (nSPS) is 22.8. The zero-order valence-electron chi connectivity index (χ0n) is 13.7. The van der Waals surface area contributed by atoms with Crippen LogP contribution in [0.2, 0.25) is 0 Å². The van der Waals surface area contributed by atoms with Gasteiger partial charge in [-0.3, -0.25) is 4.79 Å². The highest BCUT2D eigenvalue weighted by Crippen LogP contribution is 2.31. The third-order valence-corrected chi connectivity index (χ3v) is 7.92. The van der Waals surface area contributed by atoms with Crippen LogP contribution in [-0.4, -0.2) is 62.9 Å². The Labute approximate surface area is 164 Å². The van der Waals surface area contributed by atoms with E-state index < -0.39 is 10.0 Å². The molecule has 0 N–H and O–H groups in total. The predicted octanol–water partition coefficient (Wildman–Crippen LogP) is 2.47. The number of carbonyl (C=O) groups excluding carboxylic acids is 1. The lowest BCUT2D eigenvalue weighted by Gasteiger charge is -2.35. The number of morpholine rings is 1. The van der Waals surface area contributed by atoms with Gasteiger partial charge in [-0.15, -0.1) is 0 Å². The minimum Gasteiger partial charge on any atom is -0.378 e. The van der Waals surface area contributed by atoms with E-state index in [1.165, 1.54) is 4.31 Å². The first-order chi connectivity index (χ1) is 11.9. The lowest BCUT2D eigenvalue weighted by atomic mass is 9.98. The quantitative estimate of drug-likeness (QED) is 0.646. The van der Waals surface area contributed by atoms with Crippen LogP contribution in [0.15, 0.2) is 32.0 Å². The average Bonchev–Trinajstić information content (AvgIpc) is 2.64. The fourth-order valence-electron chi connectivity index (χ4n) is 3.22. The average molecular weight is 496 g/mol. The van der Waals surface area contributed by atoms with Gasteiger partial charge in [0.2, 0.25) is 15.9 Å². The van der Waals surface area contributed by atoms with Crippen molar-refractivity contribution in [2.75, 3.05) is 39.4 Å². The summed E-state index contributed by atoms with van der Waals surface area (Å²) in [7, 11) is -3.65. The molecule has 1 unspecified atom stereocenters. The van der Waals surface area contributed by atoms with Crippen LogP contribution in [0.5, 0.6) is 0 Å². The van der Waals surface area contributed by atoms with Crippen LogP contribution in [-0.2, 0) is 19.6 Å². The highest BCUT2D eigenvalue weighted by Gasteiger charge is 2.36. The molecule has 2 saturated heterocycles. The van der Waals surface area contributed by atoms with Gasteiger partial charge in [-0.2, -0.15) is 4.31 Å². The summed E-state index contributed by atoms with van der Waals surface area (Å²) in [6.07, 6.45) is 1.41. The SMILES string of the molecule is O=C(C1CCCN(S(=O)(=O)c2cc(Br)ccc2Br)C1)N1CCOCC1. The molecule has 1 aromatic rings. The molecule has 1 aromatic carbocycles. The van der Waals surface area contributed by atoms with Crippen LogP contribution in [0, 0.1) is 5.92 Å². The Morgan fingerprint density at radius 3 is 2.60 bits per heavy atom. The Kier molecular flexibility index (Phi) is 6.20. The molecule has 1 amide bonds. The molecule has 2 aliphatic rings. The van der Waals surface area contributed by atoms with Crippen molar-refractivity contribution in [2.24, 2.45) is 5.92 Å². The number of nitrogens with zero attached hydrogens (tertiary/aromatic N) is 2. The molecule has 9 heteroatoms. The van der Waals surface area contributed by atoms with Gasteiger partial charge >= 0.3 is 0 Å². The number of carbonyl (C=O) groups is 1. The first-order valence-corrected chi connectivity index (χ1v) is 11.2. The maximum Gasteiger partial charge on any atom is 0.244 e. The third-order valence-electron chi connectivity index (χ3n) is 4.57. The molecule has 0 bridgehead atoms. The second-order valence-corrected chi connectivity index (χ2v) is 9.89. The van der Waals surface area contributed by atoms with Gasteiger partial charge in [0, 0.05) is 35.1 Å². The highest BCUT2D eigenvalue weighted by atomic mass is 79.9. The van der Waals surface area contributed by atoms with Gasteiger partial charge in [0.05, 0.1) is 24.0 Å². The van der Waals surface area contributed by atoms with Gasteiger partial charge in [-0.1, -0.05) is 15.9 Å². The zero-order valence-corrected chi connectivity index (χ0v) is 17.6. The van der Waals surface area contributed by atoms with Crippen molar-refractivity contribution in [3.63, 3.8) is 0 Å². The van der Waals surface area contributed by atoms with Gasteiger partial charge in [0.25, 0.3) is 0 Å². The summed E-state index contributed by atoms with van der Waals surface area (Å²) >= 11 is 6.65. The van der Waals surface area contributed by atoms with E-state index in [1.807, 2.05) is 0 Å². The van der Waals surface area contributed by atoms with Crippen LogP contribution in [0.25, 0.3) is 0 Å². The van der Waals surface area contributed by atoms with Crippen LogP contribution in [0.4, 0.5) is 0 Å². The number of hydrogen-bond donors (Lipinski definition) is 0. The van der Waals surface area contributed by atoms with Gasteiger partial charge < -0.3 is 9.64 Å². The van der Waals surface area contributed by atoms with Gasteiger partial charge in [-0.25, -0.2) is 8.42 Å². The van der Waals surface area contributed by atoms with Crippen molar-refractivity contribution >= 4 is 47.8 Å². The smallest absolute Gasteiger partial charge is 0.244 e. The fourth-order valence-corrected chi connectivity index (χ4v) is 6.21. The Morgan fingerprint density at radius 2 is 1.88 bits per heavy atom. The summed E-state index contributed by atoms with van der Waals surface area (Å²) in [4.78, 5) is 14.7. The summed E-state index contributed by atoms with van der Waals surface area (Å²) in [6, 6.07) is 5.08. The summed E-state index contributed by atoms with van der Waals surface area (Å²) < 4.78 is 34.0. The number of sulfonamides is 1. The molecular formula is C16H20Br2N2O4S. The highest BCUT2D eigenvalue weighted by molar-refractivity contribution is 9.11. The van der Waals surface area contributed by atoms with E-state index in [0.717, 1.165) is 6.42 Å². The molecule has 138 valence electrons. The second-order valence-electron chi connectivity index (χ2n) is 6.21. The van der Waals surface area contributed by atoms with Crippen LogP contribution in [0.3, 0.4) is 0 Å². The number of amides is 1. The first kappa shape index (κ1) is 19.3. The standard InChI is InChI=1S/C16H20Br2N2O4S/c17-13-3-4-14(18)15(10-13)25(22,23)20-5-1-2-12(11-20)16(21)19-6-8-24-9-7-19/h3-4,10,12H,1-2,5-9,11H2. The molecule has 0 radical (unpaired) electrons. The molecule has 3 rings (SSSR count). The molecule has 2 heterocycles. The van der Waals surface area contributed by atoms with E-state index in [0.29, 0.717) is 48.2 Å². The number of rotatable bonds is 3. The van der Waals surface area contributed by atoms with E-state index in [-0.39, 0.29) is 23.3 Å². The predicted molar refractivity (Wildman–Crippen MR) is 101 cm³/mol. The molecule has 0 aromatic heterocycles. The van der Waals surface area contributed by atoms with Crippen molar-refractivity contribution in [3.8, 4) is 0 Å². The molecule has 6 nitrogen and oxygen atoms in total. The van der Waals surface area contributed by atoms with Crippen molar-refractivity contribution in [1.82, 2.24) is 9.21 Å². The fraction of sp³-hybridized carbons (Fsp3) is 0.562.